The molecular weight excluding hydrogens is 242 g/mol. The molecule has 0 aliphatic heterocycles. The van der Waals surface area contributed by atoms with Crippen molar-refractivity contribution < 1.29 is 13.2 Å². The Bertz CT molecular complexity index is 479. The van der Waals surface area contributed by atoms with Gasteiger partial charge in [-0.1, -0.05) is 12.2 Å². The smallest absolute Gasteiger partial charge is 0.259 e. The minimum absolute atomic E-state index is 0.0138. The molecule has 0 unspecified atom stereocenters. The summed E-state index contributed by atoms with van der Waals surface area (Å²) in [6.07, 6.45) is 2.88. The second-order valence-corrected chi connectivity index (χ2v) is 5.50. The third-order valence-electron chi connectivity index (χ3n) is 1.84. The van der Waals surface area contributed by atoms with Gasteiger partial charge in [-0.05, 0) is 6.92 Å². The Hall–Kier alpha value is -1.18. The third-order valence-corrected chi connectivity index (χ3v) is 3.19. The van der Waals surface area contributed by atoms with Crippen molar-refractivity contribution in [3.05, 3.63) is 24.7 Å². The fourth-order valence-corrected chi connectivity index (χ4v) is 2.09. The van der Waals surface area contributed by atoms with E-state index in [4.69, 9.17) is 4.74 Å². The van der Waals surface area contributed by atoms with E-state index in [0.29, 0.717) is 13.2 Å². The van der Waals surface area contributed by atoms with Gasteiger partial charge in [0.05, 0.1) is 19.5 Å². The molecule has 0 saturated carbocycles. The maximum absolute atomic E-state index is 11.7. The van der Waals surface area contributed by atoms with Crippen LogP contribution in [-0.2, 0) is 21.8 Å². The Labute approximate surface area is 101 Å². The van der Waals surface area contributed by atoms with Gasteiger partial charge in [0, 0.05) is 19.8 Å². The van der Waals surface area contributed by atoms with Crippen molar-refractivity contribution >= 4 is 10.0 Å². The molecule has 0 radical (unpaired) electrons. The lowest BCUT2D eigenvalue weighted by Gasteiger charge is -2.05. The van der Waals surface area contributed by atoms with Crippen LogP contribution in [0.5, 0.6) is 0 Å². The van der Waals surface area contributed by atoms with Gasteiger partial charge in [0.15, 0.2) is 5.03 Å². The monoisotopic (exact) mass is 259 g/mol. The Kier molecular flexibility index (Phi) is 4.86. The predicted molar refractivity (Wildman–Crippen MR) is 64.0 cm³/mol. The third kappa shape index (κ3) is 4.68. The molecule has 17 heavy (non-hydrogen) atoms. The molecule has 0 atom stereocenters. The van der Waals surface area contributed by atoms with Crippen molar-refractivity contribution in [2.24, 2.45) is 7.05 Å². The number of imidazole rings is 1. The number of rotatable bonds is 7. The molecule has 1 rings (SSSR count). The molecule has 1 aromatic rings. The van der Waals surface area contributed by atoms with Crippen LogP contribution in [0.4, 0.5) is 0 Å². The van der Waals surface area contributed by atoms with E-state index in [-0.39, 0.29) is 11.6 Å². The van der Waals surface area contributed by atoms with Crippen LogP contribution in [0, 0.1) is 0 Å². The molecule has 96 valence electrons. The van der Waals surface area contributed by atoms with Crippen molar-refractivity contribution in [1.82, 2.24) is 14.3 Å². The minimum Gasteiger partial charge on any atom is -0.376 e. The fraction of sp³-hybridized carbons (Fsp3) is 0.500. The summed E-state index contributed by atoms with van der Waals surface area (Å²) >= 11 is 0. The predicted octanol–water partition coefficient (Wildman–Crippen LogP) is 0.291. The van der Waals surface area contributed by atoms with E-state index in [0.717, 1.165) is 5.57 Å². The van der Waals surface area contributed by atoms with Crippen LogP contribution in [0.1, 0.15) is 6.92 Å². The quantitative estimate of drug-likeness (QED) is 0.564. The van der Waals surface area contributed by atoms with E-state index in [1.165, 1.54) is 12.5 Å². The van der Waals surface area contributed by atoms with Crippen LogP contribution >= 0.6 is 0 Å². The van der Waals surface area contributed by atoms with Crippen molar-refractivity contribution in [2.45, 2.75) is 11.9 Å². The maximum Gasteiger partial charge on any atom is 0.259 e. The summed E-state index contributed by atoms with van der Waals surface area (Å²) in [5.74, 6) is 0. The highest BCUT2D eigenvalue weighted by Gasteiger charge is 2.15. The van der Waals surface area contributed by atoms with Gasteiger partial charge in [-0.3, -0.25) is 0 Å². The number of hydrogen-bond donors (Lipinski definition) is 1. The average Bonchev–Trinajstić information content (AvgIpc) is 2.64. The van der Waals surface area contributed by atoms with Gasteiger partial charge in [-0.25, -0.2) is 18.1 Å². The number of nitrogens with one attached hydrogen (secondary N) is 1. The Morgan fingerprint density at radius 2 is 2.35 bits per heavy atom. The number of ether oxygens (including phenoxy) is 1. The van der Waals surface area contributed by atoms with Gasteiger partial charge in [0.1, 0.15) is 0 Å². The molecule has 0 amide bonds. The molecule has 0 bridgehead atoms. The van der Waals surface area contributed by atoms with Crippen LogP contribution in [0.2, 0.25) is 0 Å². The SMILES string of the molecule is C=C(C)COCCNS(=O)(=O)c1cn(C)cn1. The molecule has 1 N–H and O–H groups in total. The van der Waals surface area contributed by atoms with E-state index in [2.05, 4.69) is 16.3 Å². The fourth-order valence-electron chi connectivity index (χ4n) is 1.10. The lowest BCUT2D eigenvalue weighted by atomic mass is 10.4. The van der Waals surface area contributed by atoms with Crippen LogP contribution in [0.25, 0.3) is 0 Å². The number of hydrogen-bond acceptors (Lipinski definition) is 4. The van der Waals surface area contributed by atoms with Crippen LogP contribution in [-0.4, -0.2) is 37.7 Å². The van der Waals surface area contributed by atoms with E-state index in [9.17, 15) is 8.42 Å². The Balaban J connectivity index is 2.38. The Morgan fingerprint density at radius 3 is 2.88 bits per heavy atom. The molecule has 0 aliphatic carbocycles. The molecule has 0 aliphatic rings. The number of sulfonamides is 1. The van der Waals surface area contributed by atoms with Gasteiger partial charge in [0.25, 0.3) is 10.0 Å². The van der Waals surface area contributed by atoms with Crippen molar-refractivity contribution in [3.8, 4) is 0 Å². The summed E-state index contributed by atoms with van der Waals surface area (Å²) < 4.78 is 32.5. The molecule has 0 fully saturated rings. The first kappa shape index (κ1) is 13.9. The van der Waals surface area contributed by atoms with Gasteiger partial charge in [-0.15, -0.1) is 0 Å². The molecular formula is C10H17N3O3S. The summed E-state index contributed by atoms with van der Waals surface area (Å²) in [5, 5.41) is 0.0138. The van der Waals surface area contributed by atoms with Gasteiger partial charge in [-0.2, -0.15) is 0 Å². The minimum atomic E-state index is -3.52. The molecule has 0 saturated heterocycles. The molecule has 1 aromatic heterocycles. The van der Waals surface area contributed by atoms with Crippen LogP contribution in [0.3, 0.4) is 0 Å². The van der Waals surface area contributed by atoms with Crippen molar-refractivity contribution in [3.63, 3.8) is 0 Å². The standard InChI is InChI=1S/C10H17N3O3S/c1-9(2)7-16-5-4-12-17(14,15)10-6-13(3)8-11-10/h6,8,12H,1,4-5,7H2,2-3H3. The van der Waals surface area contributed by atoms with E-state index in [1.54, 1.807) is 11.6 Å². The summed E-state index contributed by atoms with van der Waals surface area (Å²) in [4.78, 5) is 3.77. The summed E-state index contributed by atoms with van der Waals surface area (Å²) in [6.45, 7) is 6.48. The topological polar surface area (TPSA) is 73.2 Å². The molecule has 0 aromatic carbocycles. The lowest BCUT2D eigenvalue weighted by Crippen LogP contribution is -2.27. The first-order chi connectivity index (χ1) is 7.92. The molecule has 1 heterocycles. The lowest BCUT2D eigenvalue weighted by molar-refractivity contribution is 0.162. The summed E-state index contributed by atoms with van der Waals surface area (Å²) in [7, 11) is -1.81. The number of nitrogens with zero attached hydrogens (tertiary/aromatic N) is 2. The second-order valence-electron chi connectivity index (χ2n) is 3.78. The first-order valence-electron chi connectivity index (χ1n) is 5.11. The van der Waals surface area contributed by atoms with E-state index >= 15 is 0 Å². The first-order valence-corrected chi connectivity index (χ1v) is 6.60. The second kappa shape index (κ2) is 5.95. The van der Waals surface area contributed by atoms with E-state index < -0.39 is 10.0 Å². The molecule has 6 nitrogen and oxygen atoms in total. The van der Waals surface area contributed by atoms with Crippen LogP contribution < -0.4 is 4.72 Å². The number of aryl methyl sites for hydroxylation is 1. The highest BCUT2D eigenvalue weighted by Crippen LogP contribution is 2.02. The zero-order valence-electron chi connectivity index (χ0n) is 10.0. The van der Waals surface area contributed by atoms with Gasteiger partial charge in [0.2, 0.25) is 0 Å². The highest BCUT2D eigenvalue weighted by molar-refractivity contribution is 7.89. The average molecular weight is 259 g/mol. The molecule has 0 spiro atoms. The van der Waals surface area contributed by atoms with Crippen molar-refractivity contribution in [2.75, 3.05) is 19.8 Å². The zero-order valence-corrected chi connectivity index (χ0v) is 10.8. The van der Waals surface area contributed by atoms with E-state index in [1.807, 2.05) is 6.92 Å². The highest BCUT2D eigenvalue weighted by atomic mass is 32.2. The van der Waals surface area contributed by atoms with Gasteiger partial charge < -0.3 is 9.30 Å². The zero-order chi connectivity index (χ0) is 12.9. The van der Waals surface area contributed by atoms with Crippen molar-refractivity contribution in [1.29, 1.82) is 0 Å². The van der Waals surface area contributed by atoms with Gasteiger partial charge >= 0.3 is 0 Å². The Morgan fingerprint density at radius 1 is 1.65 bits per heavy atom. The summed E-state index contributed by atoms with van der Waals surface area (Å²) in [6, 6.07) is 0. The normalized spacial score (nSPS) is 11.6. The summed E-state index contributed by atoms with van der Waals surface area (Å²) in [5.41, 5.74) is 0.901. The largest absolute Gasteiger partial charge is 0.376 e. The molecule has 7 heteroatoms. The number of aromatic nitrogens is 2. The van der Waals surface area contributed by atoms with Crippen LogP contribution in [0.15, 0.2) is 29.7 Å². The maximum atomic E-state index is 11.7.